The Kier molecular flexibility index (Phi) is 17.8. The highest BCUT2D eigenvalue weighted by atomic mass is 16.6. The molecular formula is C20H38O4. The Morgan fingerprint density at radius 1 is 0.792 bits per heavy atom. The Labute approximate surface area is 148 Å². The minimum atomic E-state index is -2.00. The Balaban J connectivity index is 3.14. The predicted molar refractivity (Wildman–Crippen MR) is 98.6 cm³/mol. The number of allylic oxidation sites excluding steroid dienone is 2. The molecule has 0 heterocycles. The maximum absolute atomic E-state index is 10.8. The van der Waals surface area contributed by atoms with Crippen LogP contribution in [0.1, 0.15) is 96.8 Å². The van der Waals surface area contributed by atoms with Crippen molar-refractivity contribution in [1.29, 1.82) is 0 Å². The number of rotatable bonds is 17. The van der Waals surface area contributed by atoms with E-state index in [1.807, 2.05) is 0 Å². The lowest BCUT2D eigenvalue weighted by molar-refractivity contribution is -0.173. The van der Waals surface area contributed by atoms with Crippen LogP contribution >= 0.6 is 0 Å². The average molecular weight is 343 g/mol. The summed E-state index contributed by atoms with van der Waals surface area (Å²) in [5, 5.41) is 17.1. The van der Waals surface area contributed by atoms with Crippen LogP contribution in [0.4, 0.5) is 0 Å². The van der Waals surface area contributed by atoms with E-state index in [1.54, 1.807) is 0 Å². The number of ether oxygens (including phenoxy) is 1. The number of hydrogen-bond acceptors (Lipinski definition) is 4. The molecule has 0 aromatic carbocycles. The average Bonchev–Trinajstić information content (AvgIpc) is 2.57. The highest BCUT2D eigenvalue weighted by molar-refractivity contribution is 5.72. The standard InChI is InChI=1S/C20H38O4/c1-2-3-4-5-6-7-8-9-10-11-12-13-14-15-16-17-18-24-20(23)19(21)22/h9-10,19,21-22H,2-8,11-18H2,1H3/b10-9-. The van der Waals surface area contributed by atoms with Gasteiger partial charge in [-0.05, 0) is 32.1 Å². The summed E-state index contributed by atoms with van der Waals surface area (Å²) in [6, 6.07) is 0. The van der Waals surface area contributed by atoms with Crippen molar-refractivity contribution in [1.82, 2.24) is 0 Å². The van der Waals surface area contributed by atoms with E-state index in [4.69, 9.17) is 10.2 Å². The third-order valence-electron chi connectivity index (χ3n) is 4.11. The maximum atomic E-state index is 10.8. The highest BCUT2D eigenvalue weighted by Gasteiger charge is 2.11. The third-order valence-corrected chi connectivity index (χ3v) is 4.11. The molecule has 0 rings (SSSR count). The molecule has 0 aromatic rings. The zero-order valence-electron chi connectivity index (χ0n) is 15.5. The summed E-state index contributed by atoms with van der Waals surface area (Å²) < 4.78 is 4.67. The molecule has 0 unspecified atom stereocenters. The van der Waals surface area contributed by atoms with Crippen LogP contribution in [0.15, 0.2) is 12.2 Å². The number of aliphatic hydroxyl groups excluding tert-OH is 1. The van der Waals surface area contributed by atoms with Gasteiger partial charge in [0.2, 0.25) is 0 Å². The van der Waals surface area contributed by atoms with E-state index in [9.17, 15) is 4.79 Å². The molecule has 142 valence electrons. The van der Waals surface area contributed by atoms with Gasteiger partial charge in [0, 0.05) is 0 Å². The minimum Gasteiger partial charge on any atom is -0.462 e. The van der Waals surface area contributed by atoms with Gasteiger partial charge in [-0.2, -0.15) is 0 Å². The van der Waals surface area contributed by atoms with E-state index < -0.39 is 12.3 Å². The summed E-state index contributed by atoms with van der Waals surface area (Å²) in [5.41, 5.74) is 0. The molecular weight excluding hydrogens is 304 g/mol. The summed E-state index contributed by atoms with van der Waals surface area (Å²) in [6.45, 7) is 2.53. The number of esters is 1. The van der Waals surface area contributed by atoms with Crippen molar-refractivity contribution in [3.05, 3.63) is 12.2 Å². The number of carbonyl (C=O) groups excluding carboxylic acids is 1. The second-order valence-electron chi connectivity index (χ2n) is 6.48. The fraction of sp³-hybridized carbons (Fsp3) is 0.850. The molecule has 4 nitrogen and oxygen atoms in total. The second kappa shape index (κ2) is 18.5. The summed E-state index contributed by atoms with van der Waals surface area (Å²) in [5.74, 6) is -0.956. The molecule has 0 radical (unpaired) electrons. The fourth-order valence-electron chi connectivity index (χ4n) is 2.60. The van der Waals surface area contributed by atoms with E-state index in [1.165, 1.54) is 70.6 Å². The number of aliphatic hydroxyl groups is 2. The minimum absolute atomic E-state index is 0.275. The number of hydrogen-bond donors (Lipinski definition) is 2. The lowest BCUT2D eigenvalue weighted by Gasteiger charge is -2.05. The van der Waals surface area contributed by atoms with E-state index in [0.717, 1.165) is 19.3 Å². The van der Waals surface area contributed by atoms with E-state index >= 15 is 0 Å². The van der Waals surface area contributed by atoms with Gasteiger partial charge in [-0.15, -0.1) is 0 Å². The molecule has 0 saturated heterocycles. The smallest absolute Gasteiger partial charge is 0.363 e. The topological polar surface area (TPSA) is 66.8 Å². The predicted octanol–water partition coefficient (Wildman–Crippen LogP) is 4.88. The first kappa shape index (κ1) is 23.1. The molecule has 0 fully saturated rings. The first-order chi connectivity index (χ1) is 11.7. The van der Waals surface area contributed by atoms with E-state index in [0.29, 0.717) is 0 Å². The van der Waals surface area contributed by atoms with Crippen molar-refractivity contribution in [2.75, 3.05) is 6.61 Å². The van der Waals surface area contributed by atoms with Crippen LogP contribution in [-0.4, -0.2) is 29.1 Å². The summed E-state index contributed by atoms with van der Waals surface area (Å²) in [4.78, 5) is 10.8. The van der Waals surface area contributed by atoms with Gasteiger partial charge < -0.3 is 14.9 Å². The Bertz CT molecular complexity index is 300. The van der Waals surface area contributed by atoms with E-state index in [-0.39, 0.29) is 6.61 Å². The fourth-order valence-corrected chi connectivity index (χ4v) is 2.60. The Morgan fingerprint density at radius 2 is 1.25 bits per heavy atom. The maximum Gasteiger partial charge on any atom is 0.363 e. The quantitative estimate of drug-likeness (QED) is 0.171. The lowest BCUT2D eigenvalue weighted by Crippen LogP contribution is -2.22. The summed E-state index contributed by atoms with van der Waals surface area (Å²) >= 11 is 0. The lowest BCUT2D eigenvalue weighted by atomic mass is 10.1. The molecule has 0 aliphatic heterocycles. The Morgan fingerprint density at radius 3 is 1.75 bits per heavy atom. The van der Waals surface area contributed by atoms with Gasteiger partial charge in [-0.3, -0.25) is 0 Å². The molecule has 0 amide bonds. The van der Waals surface area contributed by atoms with Crippen LogP contribution in [0.25, 0.3) is 0 Å². The molecule has 0 atom stereocenters. The van der Waals surface area contributed by atoms with Crippen molar-refractivity contribution in [3.8, 4) is 0 Å². The number of unbranched alkanes of at least 4 members (excludes halogenated alkanes) is 12. The van der Waals surface area contributed by atoms with Crippen LogP contribution in [0.5, 0.6) is 0 Å². The van der Waals surface area contributed by atoms with Crippen molar-refractivity contribution < 1.29 is 19.7 Å². The van der Waals surface area contributed by atoms with Gasteiger partial charge in [-0.1, -0.05) is 76.9 Å². The zero-order valence-corrected chi connectivity index (χ0v) is 15.5. The van der Waals surface area contributed by atoms with Crippen LogP contribution in [0.2, 0.25) is 0 Å². The summed E-state index contributed by atoms with van der Waals surface area (Å²) in [6.07, 6.45) is 19.9. The molecule has 0 aliphatic carbocycles. The van der Waals surface area contributed by atoms with Crippen LogP contribution in [0.3, 0.4) is 0 Å². The Hall–Kier alpha value is -0.870. The summed E-state index contributed by atoms with van der Waals surface area (Å²) in [7, 11) is 0. The molecule has 2 N–H and O–H groups in total. The van der Waals surface area contributed by atoms with Crippen molar-refractivity contribution in [3.63, 3.8) is 0 Å². The van der Waals surface area contributed by atoms with Crippen molar-refractivity contribution in [2.45, 2.75) is 103 Å². The monoisotopic (exact) mass is 342 g/mol. The van der Waals surface area contributed by atoms with Crippen molar-refractivity contribution >= 4 is 5.97 Å². The zero-order chi connectivity index (χ0) is 17.9. The van der Waals surface area contributed by atoms with Gasteiger partial charge in [0.15, 0.2) is 0 Å². The molecule has 0 spiro atoms. The normalized spacial score (nSPS) is 11.5. The van der Waals surface area contributed by atoms with Crippen LogP contribution < -0.4 is 0 Å². The largest absolute Gasteiger partial charge is 0.462 e. The number of carbonyl (C=O) groups is 1. The molecule has 24 heavy (non-hydrogen) atoms. The van der Waals surface area contributed by atoms with Gasteiger partial charge in [0.05, 0.1) is 6.61 Å². The first-order valence-electron chi connectivity index (χ1n) is 9.86. The van der Waals surface area contributed by atoms with E-state index in [2.05, 4.69) is 23.8 Å². The van der Waals surface area contributed by atoms with Crippen molar-refractivity contribution in [2.24, 2.45) is 0 Å². The van der Waals surface area contributed by atoms with Crippen LogP contribution in [-0.2, 0) is 9.53 Å². The van der Waals surface area contributed by atoms with Gasteiger partial charge in [0.25, 0.3) is 6.29 Å². The molecule has 0 bridgehead atoms. The molecule has 0 saturated carbocycles. The van der Waals surface area contributed by atoms with Gasteiger partial charge in [-0.25, -0.2) is 4.79 Å². The molecule has 0 aliphatic rings. The third kappa shape index (κ3) is 17.5. The van der Waals surface area contributed by atoms with Crippen LogP contribution in [0, 0.1) is 0 Å². The highest BCUT2D eigenvalue weighted by Crippen LogP contribution is 2.10. The molecule has 4 heteroatoms. The van der Waals surface area contributed by atoms with Gasteiger partial charge in [0.1, 0.15) is 0 Å². The molecule has 0 aromatic heterocycles. The first-order valence-corrected chi connectivity index (χ1v) is 9.86. The second-order valence-corrected chi connectivity index (χ2v) is 6.48. The SMILES string of the molecule is CCCCCCCC/C=C\CCCCCCCCOC(=O)C(O)O. The van der Waals surface area contributed by atoms with Gasteiger partial charge >= 0.3 is 5.97 Å².